The SMILES string of the molecule is COC(=O)c1ccc(OCCOc2ccc(N)cc2N)cc1. The lowest BCUT2D eigenvalue weighted by molar-refractivity contribution is 0.0600. The van der Waals surface area contributed by atoms with Crippen LogP contribution in [-0.2, 0) is 4.74 Å². The molecule has 4 N–H and O–H groups in total. The van der Waals surface area contributed by atoms with Crippen molar-refractivity contribution in [1.29, 1.82) is 0 Å². The van der Waals surface area contributed by atoms with E-state index in [0.717, 1.165) is 0 Å². The molecule has 2 aromatic carbocycles. The molecule has 0 saturated carbocycles. The van der Waals surface area contributed by atoms with Gasteiger partial charge in [0.05, 0.1) is 18.4 Å². The predicted octanol–water partition coefficient (Wildman–Crippen LogP) is 2.10. The molecule has 0 aliphatic rings. The normalized spacial score (nSPS) is 10.0. The molecule has 0 aromatic heterocycles. The van der Waals surface area contributed by atoms with Crippen LogP contribution in [0.2, 0.25) is 0 Å². The first-order chi connectivity index (χ1) is 10.6. The second-order valence-corrected chi connectivity index (χ2v) is 4.51. The van der Waals surface area contributed by atoms with Crippen LogP contribution in [0.25, 0.3) is 0 Å². The zero-order chi connectivity index (χ0) is 15.9. The zero-order valence-corrected chi connectivity index (χ0v) is 12.2. The van der Waals surface area contributed by atoms with Crippen LogP contribution in [0.15, 0.2) is 42.5 Å². The molecule has 0 radical (unpaired) electrons. The Morgan fingerprint density at radius 1 is 1.00 bits per heavy atom. The van der Waals surface area contributed by atoms with E-state index in [2.05, 4.69) is 4.74 Å². The molecule has 2 aromatic rings. The van der Waals surface area contributed by atoms with E-state index in [-0.39, 0.29) is 5.97 Å². The summed E-state index contributed by atoms with van der Waals surface area (Å²) in [6.07, 6.45) is 0. The molecule has 0 atom stereocenters. The number of carbonyl (C=O) groups is 1. The lowest BCUT2D eigenvalue weighted by Crippen LogP contribution is -2.10. The van der Waals surface area contributed by atoms with Gasteiger partial charge in [-0.3, -0.25) is 0 Å². The molecular weight excluding hydrogens is 284 g/mol. The number of benzene rings is 2. The van der Waals surface area contributed by atoms with Gasteiger partial charge in [-0.1, -0.05) is 0 Å². The van der Waals surface area contributed by atoms with Crippen molar-refractivity contribution in [1.82, 2.24) is 0 Å². The quantitative estimate of drug-likeness (QED) is 0.482. The highest BCUT2D eigenvalue weighted by atomic mass is 16.5. The van der Waals surface area contributed by atoms with E-state index in [1.54, 1.807) is 42.5 Å². The molecule has 0 amide bonds. The number of hydrogen-bond donors (Lipinski definition) is 2. The maximum absolute atomic E-state index is 11.3. The largest absolute Gasteiger partial charge is 0.490 e. The lowest BCUT2D eigenvalue weighted by atomic mass is 10.2. The Labute approximate surface area is 128 Å². The van der Waals surface area contributed by atoms with E-state index in [4.69, 9.17) is 20.9 Å². The van der Waals surface area contributed by atoms with Crippen molar-refractivity contribution < 1.29 is 19.0 Å². The van der Waals surface area contributed by atoms with Gasteiger partial charge in [0.1, 0.15) is 24.7 Å². The number of esters is 1. The summed E-state index contributed by atoms with van der Waals surface area (Å²) in [5, 5.41) is 0. The van der Waals surface area contributed by atoms with Crippen molar-refractivity contribution >= 4 is 17.3 Å². The molecule has 0 spiro atoms. The van der Waals surface area contributed by atoms with Crippen molar-refractivity contribution in [2.45, 2.75) is 0 Å². The van der Waals surface area contributed by atoms with Crippen LogP contribution in [0.5, 0.6) is 11.5 Å². The van der Waals surface area contributed by atoms with E-state index in [9.17, 15) is 4.79 Å². The molecule has 6 heteroatoms. The minimum absolute atomic E-state index is 0.340. The fourth-order valence-electron chi connectivity index (χ4n) is 1.81. The molecule has 0 heterocycles. The third-order valence-electron chi connectivity index (χ3n) is 2.92. The van der Waals surface area contributed by atoms with E-state index in [1.165, 1.54) is 7.11 Å². The first-order valence-electron chi connectivity index (χ1n) is 6.69. The highest BCUT2D eigenvalue weighted by Gasteiger charge is 2.05. The van der Waals surface area contributed by atoms with Crippen LogP contribution in [-0.4, -0.2) is 26.3 Å². The van der Waals surface area contributed by atoms with Crippen LogP contribution >= 0.6 is 0 Å². The Bertz CT molecular complexity index is 641. The molecule has 6 nitrogen and oxygen atoms in total. The van der Waals surface area contributed by atoms with Gasteiger partial charge < -0.3 is 25.7 Å². The number of methoxy groups -OCH3 is 1. The number of hydrogen-bond acceptors (Lipinski definition) is 6. The van der Waals surface area contributed by atoms with Crippen LogP contribution in [0.3, 0.4) is 0 Å². The summed E-state index contributed by atoms with van der Waals surface area (Å²) in [7, 11) is 1.34. The van der Waals surface area contributed by atoms with Gasteiger partial charge >= 0.3 is 5.97 Å². The monoisotopic (exact) mass is 302 g/mol. The van der Waals surface area contributed by atoms with Crippen molar-refractivity contribution in [3.63, 3.8) is 0 Å². The molecule has 0 fully saturated rings. The Kier molecular flexibility index (Phi) is 5.08. The van der Waals surface area contributed by atoms with Crippen LogP contribution in [0.4, 0.5) is 11.4 Å². The molecule has 116 valence electrons. The van der Waals surface area contributed by atoms with E-state index < -0.39 is 0 Å². The third kappa shape index (κ3) is 4.05. The first kappa shape index (κ1) is 15.5. The molecule has 0 bridgehead atoms. The number of ether oxygens (including phenoxy) is 3. The fraction of sp³-hybridized carbons (Fsp3) is 0.188. The standard InChI is InChI=1S/C16H18N2O4/c1-20-16(19)11-2-5-13(6-3-11)21-8-9-22-15-7-4-12(17)10-14(15)18/h2-7,10H,8-9,17-18H2,1H3. The summed E-state index contributed by atoms with van der Waals surface area (Å²) in [4.78, 5) is 11.3. The number of anilines is 2. The minimum Gasteiger partial charge on any atom is -0.490 e. The third-order valence-corrected chi connectivity index (χ3v) is 2.92. The van der Waals surface area contributed by atoms with Gasteiger partial charge in [0.2, 0.25) is 0 Å². The smallest absolute Gasteiger partial charge is 0.337 e. The molecule has 0 aliphatic carbocycles. The number of nitrogens with two attached hydrogens (primary N) is 2. The average Bonchev–Trinajstić information content (AvgIpc) is 2.53. The van der Waals surface area contributed by atoms with Crippen molar-refractivity contribution in [2.24, 2.45) is 0 Å². The van der Waals surface area contributed by atoms with Crippen molar-refractivity contribution in [3.8, 4) is 11.5 Å². The molecule has 2 rings (SSSR count). The molecule has 0 saturated heterocycles. The van der Waals surface area contributed by atoms with E-state index in [0.29, 0.717) is 41.7 Å². The van der Waals surface area contributed by atoms with Crippen molar-refractivity contribution in [2.75, 3.05) is 31.8 Å². The van der Waals surface area contributed by atoms with Crippen LogP contribution in [0.1, 0.15) is 10.4 Å². The zero-order valence-electron chi connectivity index (χ0n) is 12.2. The number of rotatable bonds is 6. The predicted molar refractivity (Wildman–Crippen MR) is 84.0 cm³/mol. The van der Waals surface area contributed by atoms with Crippen LogP contribution in [0, 0.1) is 0 Å². The van der Waals surface area contributed by atoms with Gasteiger partial charge in [0, 0.05) is 5.69 Å². The van der Waals surface area contributed by atoms with Gasteiger partial charge in [0.25, 0.3) is 0 Å². The number of carbonyl (C=O) groups excluding carboxylic acids is 1. The Balaban J connectivity index is 1.80. The Morgan fingerprint density at radius 2 is 1.68 bits per heavy atom. The second-order valence-electron chi connectivity index (χ2n) is 4.51. The van der Waals surface area contributed by atoms with E-state index >= 15 is 0 Å². The van der Waals surface area contributed by atoms with Crippen molar-refractivity contribution in [3.05, 3.63) is 48.0 Å². The highest BCUT2D eigenvalue weighted by Crippen LogP contribution is 2.23. The van der Waals surface area contributed by atoms with Gasteiger partial charge in [-0.15, -0.1) is 0 Å². The second kappa shape index (κ2) is 7.21. The topological polar surface area (TPSA) is 96.8 Å². The summed E-state index contributed by atoms with van der Waals surface area (Å²) >= 11 is 0. The minimum atomic E-state index is -0.381. The Morgan fingerprint density at radius 3 is 2.32 bits per heavy atom. The summed E-state index contributed by atoms with van der Waals surface area (Å²) < 4.78 is 15.7. The molecular formula is C16H18N2O4. The number of nitrogen functional groups attached to an aromatic ring is 2. The van der Waals surface area contributed by atoms with Gasteiger partial charge in [-0.2, -0.15) is 0 Å². The lowest BCUT2D eigenvalue weighted by Gasteiger charge is -2.10. The first-order valence-corrected chi connectivity index (χ1v) is 6.69. The maximum Gasteiger partial charge on any atom is 0.337 e. The summed E-state index contributed by atoms with van der Waals surface area (Å²) in [5.74, 6) is 0.828. The van der Waals surface area contributed by atoms with Gasteiger partial charge in [0.15, 0.2) is 0 Å². The average molecular weight is 302 g/mol. The molecule has 22 heavy (non-hydrogen) atoms. The molecule has 0 unspecified atom stereocenters. The van der Waals surface area contributed by atoms with Gasteiger partial charge in [-0.25, -0.2) is 4.79 Å². The summed E-state index contributed by atoms with van der Waals surface area (Å²) in [5.41, 5.74) is 12.9. The highest BCUT2D eigenvalue weighted by molar-refractivity contribution is 5.89. The fourth-order valence-corrected chi connectivity index (χ4v) is 1.81. The van der Waals surface area contributed by atoms with Gasteiger partial charge in [-0.05, 0) is 42.5 Å². The Hall–Kier alpha value is -2.89. The molecule has 0 aliphatic heterocycles. The van der Waals surface area contributed by atoms with E-state index in [1.807, 2.05) is 0 Å². The summed E-state index contributed by atoms with van der Waals surface area (Å²) in [6, 6.07) is 11.8. The summed E-state index contributed by atoms with van der Waals surface area (Å²) in [6.45, 7) is 0.689. The van der Waals surface area contributed by atoms with Crippen LogP contribution < -0.4 is 20.9 Å². The maximum atomic E-state index is 11.3.